The number of alkyl halides is 1. The van der Waals surface area contributed by atoms with Gasteiger partial charge in [0.1, 0.15) is 5.75 Å². The van der Waals surface area contributed by atoms with Crippen LogP contribution in [0.15, 0.2) is 36.5 Å². The molecule has 0 saturated heterocycles. The Morgan fingerprint density at radius 1 is 1.27 bits per heavy atom. The molecule has 2 rings (SSSR count). The van der Waals surface area contributed by atoms with E-state index in [4.69, 9.17) is 16.3 Å². The number of aromatic nitrogens is 2. The molecule has 0 radical (unpaired) electrons. The quantitative estimate of drug-likeness (QED) is 0.747. The molecule has 0 fully saturated rings. The standard InChI is InChI=1S/C11H11ClN2O/c1-15-11-4-2-9(3-5-11)14-10(8-12)6-7-13-14/h2-7H,8H2,1H3. The number of hydrogen-bond acceptors (Lipinski definition) is 2. The normalized spacial score (nSPS) is 10.3. The number of benzene rings is 1. The van der Waals surface area contributed by atoms with E-state index in [-0.39, 0.29) is 0 Å². The SMILES string of the molecule is COc1ccc(-n2nccc2CCl)cc1. The third kappa shape index (κ3) is 1.97. The van der Waals surface area contributed by atoms with Crippen molar-refractivity contribution in [3.63, 3.8) is 0 Å². The van der Waals surface area contributed by atoms with Crippen molar-refractivity contribution in [1.29, 1.82) is 0 Å². The highest BCUT2D eigenvalue weighted by Crippen LogP contribution is 2.16. The smallest absolute Gasteiger partial charge is 0.119 e. The second-order valence-corrected chi connectivity index (χ2v) is 3.33. The van der Waals surface area contributed by atoms with Crippen LogP contribution in [0.5, 0.6) is 5.75 Å². The molecule has 3 nitrogen and oxygen atoms in total. The Kier molecular flexibility index (Phi) is 2.92. The van der Waals surface area contributed by atoms with Crippen LogP contribution in [-0.2, 0) is 5.88 Å². The minimum atomic E-state index is 0.450. The zero-order valence-corrected chi connectivity index (χ0v) is 9.11. The average molecular weight is 223 g/mol. The van der Waals surface area contributed by atoms with Gasteiger partial charge in [-0.05, 0) is 30.3 Å². The van der Waals surface area contributed by atoms with Crippen LogP contribution in [0.1, 0.15) is 5.69 Å². The van der Waals surface area contributed by atoms with Crippen LogP contribution in [0.25, 0.3) is 5.69 Å². The molecule has 1 aromatic heterocycles. The highest BCUT2D eigenvalue weighted by molar-refractivity contribution is 6.16. The molecule has 0 unspecified atom stereocenters. The fraction of sp³-hybridized carbons (Fsp3) is 0.182. The lowest BCUT2D eigenvalue weighted by Crippen LogP contribution is -2.00. The first kappa shape index (κ1) is 10.1. The summed E-state index contributed by atoms with van der Waals surface area (Å²) < 4.78 is 6.90. The zero-order valence-electron chi connectivity index (χ0n) is 8.35. The van der Waals surface area contributed by atoms with Gasteiger partial charge in [0.15, 0.2) is 0 Å². The lowest BCUT2D eigenvalue weighted by Gasteiger charge is -2.06. The molecule has 0 saturated carbocycles. The van der Waals surface area contributed by atoms with Gasteiger partial charge in [-0.25, -0.2) is 4.68 Å². The van der Waals surface area contributed by atoms with Crippen molar-refractivity contribution >= 4 is 11.6 Å². The summed E-state index contributed by atoms with van der Waals surface area (Å²) in [6, 6.07) is 9.59. The van der Waals surface area contributed by atoms with E-state index in [0.29, 0.717) is 5.88 Å². The molecule has 0 N–H and O–H groups in total. The highest BCUT2D eigenvalue weighted by Gasteiger charge is 2.03. The van der Waals surface area contributed by atoms with Crippen molar-refractivity contribution in [3.05, 3.63) is 42.2 Å². The van der Waals surface area contributed by atoms with E-state index in [1.807, 2.05) is 35.0 Å². The molecule has 0 atom stereocenters. The fourth-order valence-corrected chi connectivity index (χ4v) is 1.59. The van der Waals surface area contributed by atoms with Gasteiger partial charge in [-0.15, -0.1) is 11.6 Å². The van der Waals surface area contributed by atoms with Crippen molar-refractivity contribution in [2.75, 3.05) is 7.11 Å². The summed E-state index contributed by atoms with van der Waals surface area (Å²) in [6.45, 7) is 0. The molecule has 0 spiro atoms. The molecule has 0 aliphatic heterocycles. The Balaban J connectivity index is 2.37. The van der Waals surface area contributed by atoms with Gasteiger partial charge in [-0.2, -0.15) is 5.10 Å². The first-order valence-electron chi connectivity index (χ1n) is 4.58. The molecule has 0 amide bonds. The van der Waals surface area contributed by atoms with Crippen LogP contribution in [0.3, 0.4) is 0 Å². The second-order valence-electron chi connectivity index (χ2n) is 3.07. The average Bonchev–Trinajstić information content (AvgIpc) is 2.77. The van der Waals surface area contributed by atoms with E-state index in [0.717, 1.165) is 17.1 Å². The van der Waals surface area contributed by atoms with Crippen LogP contribution in [0.4, 0.5) is 0 Å². The Hall–Kier alpha value is -1.48. The Morgan fingerprint density at radius 2 is 2.00 bits per heavy atom. The predicted molar refractivity (Wildman–Crippen MR) is 59.7 cm³/mol. The molecular formula is C11H11ClN2O. The van der Waals surface area contributed by atoms with Gasteiger partial charge in [-0.1, -0.05) is 0 Å². The molecule has 1 aromatic carbocycles. The fourth-order valence-electron chi connectivity index (χ4n) is 1.39. The molecule has 0 bridgehead atoms. The Bertz CT molecular complexity index is 436. The van der Waals surface area contributed by atoms with Crippen LogP contribution in [0, 0.1) is 0 Å². The number of methoxy groups -OCH3 is 1. The van der Waals surface area contributed by atoms with E-state index in [2.05, 4.69) is 5.10 Å². The van der Waals surface area contributed by atoms with Crippen LogP contribution in [-0.4, -0.2) is 16.9 Å². The van der Waals surface area contributed by atoms with Gasteiger partial charge in [0.25, 0.3) is 0 Å². The van der Waals surface area contributed by atoms with Crippen molar-refractivity contribution in [2.24, 2.45) is 0 Å². The van der Waals surface area contributed by atoms with Crippen molar-refractivity contribution in [2.45, 2.75) is 5.88 Å². The monoisotopic (exact) mass is 222 g/mol. The lowest BCUT2D eigenvalue weighted by atomic mass is 10.3. The molecule has 0 aliphatic carbocycles. The summed E-state index contributed by atoms with van der Waals surface area (Å²) >= 11 is 5.80. The maximum atomic E-state index is 5.80. The van der Waals surface area contributed by atoms with Crippen molar-refractivity contribution in [1.82, 2.24) is 9.78 Å². The molecule has 2 aromatic rings. The molecule has 4 heteroatoms. The van der Waals surface area contributed by atoms with Gasteiger partial charge >= 0.3 is 0 Å². The van der Waals surface area contributed by atoms with Crippen LogP contribution in [0.2, 0.25) is 0 Å². The molecule has 1 heterocycles. The van der Waals surface area contributed by atoms with E-state index >= 15 is 0 Å². The summed E-state index contributed by atoms with van der Waals surface area (Å²) in [5, 5.41) is 4.20. The van der Waals surface area contributed by atoms with Crippen molar-refractivity contribution < 1.29 is 4.74 Å². The minimum Gasteiger partial charge on any atom is -0.497 e. The number of hydrogen-bond donors (Lipinski definition) is 0. The minimum absolute atomic E-state index is 0.450. The third-order valence-electron chi connectivity index (χ3n) is 2.18. The molecule has 15 heavy (non-hydrogen) atoms. The number of rotatable bonds is 3. The number of halogens is 1. The highest BCUT2D eigenvalue weighted by atomic mass is 35.5. The maximum Gasteiger partial charge on any atom is 0.119 e. The Labute approximate surface area is 93.2 Å². The topological polar surface area (TPSA) is 27.1 Å². The van der Waals surface area contributed by atoms with Gasteiger partial charge in [0, 0.05) is 6.20 Å². The number of ether oxygens (including phenoxy) is 1. The third-order valence-corrected chi connectivity index (χ3v) is 2.45. The maximum absolute atomic E-state index is 5.80. The first-order valence-corrected chi connectivity index (χ1v) is 5.12. The summed E-state index contributed by atoms with van der Waals surface area (Å²) in [4.78, 5) is 0. The molecule has 0 aliphatic rings. The number of nitrogens with zero attached hydrogens (tertiary/aromatic N) is 2. The van der Waals surface area contributed by atoms with E-state index in [9.17, 15) is 0 Å². The summed E-state index contributed by atoms with van der Waals surface area (Å²) in [5.74, 6) is 1.28. The summed E-state index contributed by atoms with van der Waals surface area (Å²) in [6.07, 6.45) is 1.74. The van der Waals surface area contributed by atoms with Gasteiger partial charge in [-0.3, -0.25) is 0 Å². The van der Waals surface area contributed by atoms with Crippen molar-refractivity contribution in [3.8, 4) is 11.4 Å². The summed E-state index contributed by atoms with van der Waals surface area (Å²) in [5.41, 5.74) is 1.96. The van der Waals surface area contributed by atoms with Crippen LogP contribution < -0.4 is 4.74 Å². The lowest BCUT2D eigenvalue weighted by molar-refractivity contribution is 0.414. The van der Waals surface area contributed by atoms with Gasteiger partial charge in [0.2, 0.25) is 0 Å². The van der Waals surface area contributed by atoms with E-state index < -0.39 is 0 Å². The summed E-state index contributed by atoms with van der Waals surface area (Å²) in [7, 11) is 1.65. The molecular weight excluding hydrogens is 212 g/mol. The molecule has 78 valence electrons. The van der Waals surface area contributed by atoms with E-state index in [1.165, 1.54) is 0 Å². The van der Waals surface area contributed by atoms with Crippen LogP contribution >= 0.6 is 11.6 Å². The first-order chi connectivity index (χ1) is 7.35. The second kappa shape index (κ2) is 4.36. The predicted octanol–water partition coefficient (Wildman–Crippen LogP) is 2.62. The Morgan fingerprint density at radius 3 is 2.60 bits per heavy atom. The zero-order chi connectivity index (χ0) is 10.7. The van der Waals surface area contributed by atoms with E-state index in [1.54, 1.807) is 13.3 Å². The van der Waals surface area contributed by atoms with Gasteiger partial charge in [0.05, 0.1) is 24.4 Å². The largest absolute Gasteiger partial charge is 0.497 e. The van der Waals surface area contributed by atoms with Gasteiger partial charge < -0.3 is 4.74 Å².